The van der Waals surface area contributed by atoms with E-state index in [0.717, 1.165) is 44.6 Å². The van der Waals surface area contributed by atoms with Gasteiger partial charge in [-0.05, 0) is 44.4 Å². The monoisotopic (exact) mass is 295 g/mol. The third-order valence-electron chi connectivity index (χ3n) is 3.63. The molecule has 3 nitrogen and oxygen atoms in total. The van der Waals surface area contributed by atoms with Crippen LogP contribution >= 0.6 is 11.6 Å². The quantitative estimate of drug-likeness (QED) is 0.771. The van der Waals surface area contributed by atoms with E-state index < -0.39 is 0 Å². The summed E-state index contributed by atoms with van der Waals surface area (Å²) in [4.78, 5) is 13.6. The summed E-state index contributed by atoms with van der Waals surface area (Å²) in [6, 6.07) is 5.55. The Morgan fingerprint density at radius 1 is 1.50 bits per heavy atom. The van der Waals surface area contributed by atoms with Crippen molar-refractivity contribution in [2.75, 3.05) is 24.6 Å². The van der Waals surface area contributed by atoms with Crippen LogP contribution in [0.25, 0.3) is 0 Å². The van der Waals surface area contributed by atoms with Crippen LogP contribution in [0.3, 0.4) is 0 Å². The summed E-state index contributed by atoms with van der Waals surface area (Å²) < 4.78 is 5.85. The van der Waals surface area contributed by atoms with Gasteiger partial charge in [-0.3, -0.25) is 4.79 Å². The zero-order valence-electron chi connectivity index (χ0n) is 12.2. The summed E-state index contributed by atoms with van der Waals surface area (Å²) in [6.45, 7) is 6.36. The summed E-state index contributed by atoms with van der Waals surface area (Å²) in [5, 5.41) is 0.647. The van der Waals surface area contributed by atoms with E-state index in [4.69, 9.17) is 16.3 Å². The van der Waals surface area contributed by atoms with Crippen molar-refractivity contribution in [2.24, 2.45) is 0 Å². The molecule has 1 heterocycles. The average molecular weight is 296 g/mol. The minimum Gasteiger partial charge on any atom is -0.376 e. The van der Waals surface area contributed by atoms with Crippen LogP contribution < -0.4 is 4.90 Å². The average Bonchev–Trinajstić information content (AvgIpc) is 2.45. The normalized spacial score (nSPS) is 19.1. The molecular weight excluding hydrogens is 274 g/mol. The number of nitrogens with zero attached hydrogens (tertiary/aromatic N) is 1. The fourth-order valence-electron chi connectivity index (χ4n) is 2.56. The second-order valence-corrected chi connectivity index (χ2v) is 5.71. The first-order valence-electron chi connectivity index (χ1n) is 7.29. The second-order valence-electron chi connectivity index (χ2n) is 5.30. The molecule has 1 unspecified atom stereocenters. The lowest BCUT2D eigenvalue weighted by molar-refractivity contribution is 0.0440. The zero-order chi connectivity index (χ0) is 14.5. The molecule has 20 heavy (non-hydrogen) atoms. The first kappa shape index (κ1) is 15.3. The number of benzene rings is 1. The van der Waals surface area contributed by atoms with Crippen LogP contribution in [0, 0.1) is 0 Å². The van der Waals surface area contributed by atoms with Crippen molar-refractivity contribution in [3.63, 3.8) is 0 Å². The lowest BCUT2D eigenvalue weighted by Gasteiger charge is -2.34. The minimum absolute atomic E-state index is 0.0428. The Morgan fingerprint density at radius 3 is 2.95 bits per heavy atom. The Bertz CT molecular complexity index is 476. The summed E-state index contributed by atoms with van der Waals surface area (Å²) in [7, 11) is 0. The maximum atomic E-state index is 11.4. The SMILES string of the molecule is CCCOC1CCCN(c2ccc(C(C)=O)cc2Cl)C1. The molecule has 1 atom stereocenters. The molecule has 1 saturated heterocycles. The number of Topliss-reactive ketones (excluding diaryl/α,β-unsaturated/α-hetero) is 1. The lowest BCUT2D eigenvalue weighted by atomic mass is 10.1. The minimum atomic E-state index is 0.0428. The molecule has 0 bridgehead atoms. The third-order valence-corrected chi connectivity index (χ3v) is 3.93. The third kappa shape index (κ3) is 3.74. The predicted molar refractivity (Wildman–Crippen MR) is 82.9 cm³/mol. The van der Waals surface area contributed by atoms with E-state index in [-0.39, 0.29) is 11.9 Å². The van der Waals surface area contributed by atoms with Gasteiger partial charge in [0, 0.05) is 25.3 Å². The molecule has 0 aliphatic carbocycles. The van der Waals surface area contributed by atoms with Gasteiger partial charge >= 0.3 is 0 Å². The van der Waals surface area contributed by atoms with E-state index >= 15 is 0 Å². The molecule has 2 rings (SSSR count). The Morgan fingerprint density at radius 2 is 2.30 bits per heavy atom. The van der Waals surface area contributed by atoms with Gasteiger partial charge in [-0.25, -0.2) is 0 Å². The smallest absolute Gasteiger partial charge is 0.159 e. The van der Waals surface area contributed by atoms with Gasteiger partial charge in [0.25, 0.3) is 0 Å². The van der Waals surface area contributed by atoms with Gasteiger partial charge in [0.2, 0.25) is 0 Å². The Labute approximate surface area is 125 Å². The number of hydrogen-bond donors (Lipinski definition) is 0. The van der Waals surface area contributed by atoms with Gasteiger partial charge in [-0.2, -0.15) is 0 Å². The van der Waals surface area contributed by atoms with E-state index in [1.807, 2.05) is 12.1 Å². The first-order chi connectivity index (χ1) is 9.61. The maximum Gasteiger partial charge on any atom is 0.159 e. The zero-order valence-corrected chi connectivity index (χ0v) is 12.9. The Balaban J connectivity index is 2.08. The molecule has 0 aromatic heterocycles. The number of carbonyl (C=O) groups is 1. The molecule has 0 spiro atoms. The molecule has 0 amide bonds. The molecule has 1 aliphatic heterocycles. The summed E-state index contributed by atoms with van der Waals surface area (Å²) >= 11 is 6.32. The van der Waals surface area contributed by atoms with E-state index in [1.54, 1.807) is 13.0 Å². The fraction of sp³-hybridized carbons (Fsp3) is 0.562. The number of ketones is 1. The summed E-state index contributed by atoms with van der Waals surface area (Å²) in [6.07, 6.45) is 3.55. The Kier molecular flexibility index (Phi) is 5.44. The number of ether oxygens (including phenoxy) is 1. The van der Waals surface area contributed by atoms with Crippen molar-refractivity contribution in [1.29, 1.82) is 0 Å². The molecule has 0 saturated carbocycles. The van der Waals surface area contributed by atoms with Crippen molar-refractivity contribution >= 4 is 23.1 Å². The van der Waals surface area contributed by atoms with Crippen LogP contribution in [-0.2, 0) is 4.74 Å². The van der Waals surface area contributed by atoms with Crippen LogP contribution in [0.15, 0.2) is 18.2 Å². The van der Waals surface area contributed by atoms with Crippen molar-refractivity contribution < 1.29 is 9.53 Å². The van der Waals surface area contributed by atoms with Gasteiger partial charge < -0.3 is 9.64 Å². The van der Waals surface area contributed by atoms with Gasteiger partial charge in [-0.1, -0.05) is 18.5 Å². The highest BCUT2D eigenvalue weighted by Gasteiger charge is 2.22. The summed E-state index contributed by atoms with van der Waals surface area (Å²) in [5.41, 5.74) is 1.66. The highest BCUT2D eigenvalue weighted by atomic mass is 35.5. The predicted octanol–water partition coefficient (Wildman–Crippen LogP) is 3.94. The van der Waals surface area contributed by atoms with Gasteiger partial charge in [0.15, 0.2) is 5.78 Å². The highest BCUT2D eigenvalue weighted by Crippen LogP contribution is 2.30. The van der Waals surface area contributed by atoms with E-state index in [2.05, 4.69) is 11.8 Å². The van der Waals surface area contributed by atoms with Gasteiger partial charge in [0.05, 0.1) is 16.8 Å². The topological polar surface area (TPSA) is 29.5 Å². The number of anilines is 1. The lowest BCUT2D eigenvalue weighted by Crippen LogP contribution is -2.40. The van der Waals surface area contributed by atoms with Crippen LogP contribution in [0.2, 0.25) is 5.02 Å². The highest BCUT2D eigenvalue weighted by molar-refractivity contribution is 6.33. The molecule has 1 fully saturated rings. The molecule has 1 aliphatic rings. The van der Waals surface area contributed by atoms with Crippen molar-refractivity contribution in [3.8, 4) is 0 Å². The molecular formula is C16H22ClNO2. The van der Waals surface area contributed by atoms with Crippen molar-refractivity contribution in [3.05, 3.63) is 28.8 Å². The molecule has 4 heteroatoms. The van der Waals surface area contributed by atoms with Gasteiger partial charge in [-0.15, -0.1) is 0 Å². The van der Waals surface area contributed by atoms with E-state index in [0.29, 0.717) is 10.6 Å². The maximum absolute atomic E-state index is 11.4. The summed E-state index contributed by atoms with van der Waals surface area (Å²) in [5.74, 6) is 0.0428. The van der Waals surface area contributed by atoms with E-state index in [1.165, 1.54) is 0 Å². The van der Waals surface area contributed by atoms with Crippen LogP contribution in [0.4, 0.5) is 5.69 Å². The molecule has 0 N–H and O–H groups in total. The molecule has 0 radical (unpaired) electrons. The van der Waals surface area contributed by atoms with E-state index in [9.17, 15) is 4.79 Å². The molecule has 1 aromatic rings. The van der Waals surface area contributed by atoms with Crippen LogP contribution in [0.1, 0.15) is 43.5 Å². The molecule has 110 valence electrons. The van der Waals surface area contributed by atoms with Crippen LogP contribution in [0.5, 0.6) is 0 Å². The van der Waals surface area contributed by atoms with Crippen molar-refractivity contribution in [2.45, 2.75) is 39.2 Å². The first-order valence-corrected chi connectivity index (χ1v) is 7.66. The largest absolute Gasteiger partial charge is 0.376 e. The fourth-order valence-corrected chi connectivity index (χ4v) is 2.86. The second kappa shape index (κ2) is 7.09. The number of hydrogen-bond acceptors (Lipinski definition) is 3. The van der Waals surface area contributed by atoms with Gasteiger partial charge in [0.1, 0.15) is 0 Å². The number of carbonyl (C=O) groups excluding carboxylic acids is 1. The number of piperidine rings is 1. The molecule has 1 aromatic carbocycles. The standard InChI is InChI=1S/C16H22ClNO2/c1-3-9-20-14-5-4-8-18(11-14)16-7-6-13(12(2)19)10-15(16)17/h6-7,10,14H,3-5,8-9,11H2,1-2H3. The Hall–Kier alpha value is -1.06. The number of halogens is 1. The number of rotatable bonds is 5. The van der Waals surface area contributed by atoms with Crippen molar-refractivity contribution in [1.82, 2.24) is 0 Å². The van der Waals surface area contributed by atoms with Crippen LogP contribution in [-0.4, -0.2) is 31.6 Å².